The first-order valence-corrected chi connectivity index (χ1v) is 8.27. The highest BCUT2D eigenvalue weighted by atomic mass is 16.5. The molecule has 22 heavy (non-hydrogen) atoms. The number of hydrogen-bond donors (Lipinski definition) is 0. The van der Waals surface area contributed by atoms with E-state index in [1.54, 1.807) is 7.11 Å². The molecule has 2 heteroatoms. The molecule has 0 spiro atoms. The van der Waals surface area contributed by atoms with Gasteiger partial charge in [0, 0.05) is 18.7 Å². The molecule has 0 N–H and O–H groups in total. The Balaban J connectivity index is 1.50. The van der Waals surface area contributed by atoms with Crippen LogP contribution in [0.25, 0.3) is 0 Å². The van der Waals surface area contributed by atoms with Crippen molar-refractivity contribution >= 4 is 0 Å². The number of nitrogens with zero attached hydrogens (tertiary/aromatic N) is 1. The van der Waals surface area contributed by atoms with Crippen LogP contribution in [0.5, 0.6) is 5.75 Å². The zero-order chi connectivity index (χ0) is 14.9. The van der Waals surface area contributed by atoms with Crippen molar-refractivity contribution in [2.75, 3.05) is 20.2 Å². The number of hydrogen-bond acceptors (Lipinski definition) is 2. The lowest BCUT2D eigenvalue weighted by Gasteiger charge is -2.35. The highest BCUT2D eigenvalue weighted by Gasteiger charge is 2.38. The summed E-state index contributed by atoms with van der Waals surface area (Å²) in [5, 5.41) is 0. The van der Waals surface area contributed by atoms with Crippen LogP contribution < -0.4 is 4.74 Å². The second-order valence-corrected chi connectivity index (χ2v) is 6.61. The van der Waals surface area contributed by atoms with E-state index < -0.39 is 0 Å². The highest BCUT2D eigenvalue weighted by Crippen LogP contribution is 2.47. The molecule has 1 fully saturated rings. The van der Waals surface area contributed by atoms with Gasteiger partial charge < -0.3 is 4.74 Å². The van der Waals surface area contributed by atoms with E-state index in [4.69, 9.17) is 4.74 Å². The van der Waals surface area contributed by atoms with Crippen LogP contribution in [0.15, 0.2) is 48.5 Å². The minimum atomic E-state index is 0.693. The van der Waals surface area contributed by atoms with E-state index in [-0.39, 0.29) is 0 Å². The van der Waals surface area contributed by atoms with Crippen LogP contribution in [0.2, 0.25) is 0 Å². The molecule has 0 bridgehead atoms. The molecule has 1 aliphatic heterocycles. The van der Waals surface area contributed by atoms with Gasteiger partial charge in [0.1, 0.15) is 5.75 Å². The van der Waals surface area contributed by atoms with Crippen LogP contribution in [0.1, 0.15) is 29.0 Å². The summed E-state index contributed by atoms with van der Waals surface area (Å²) in [5.74, 6) is 2.54. The Labute approximate surface area is 132 Å². The second-order valence-electron chi connectivity index (χ2n) is 6.61. The van der Waals surface area contributed by atoms with Gasteiger partial charge in [-0.2, -0.15) is 0 Å². The van der Waals surface area contributed by atoms with E-state index in [2.05, 4.69) is 53.4 Å². The van der Waals surface area contributed by atoms with Crippen molar-refractivity contribution in [1.82, 2.24) is 4.90 Å². The van der Waals surface area contributed by atoms with Crippen LogP contribution in [0.3, 0.4) is 0 Å². The maximum absolute atomic E-state index is 5.61. The zero-order valence-corrected chi connectivity index (χ0v) is 13.2. The fraction of sp³-hybridized carbons (Fsp3) is 0.400. The molecule has 114 valence electrons. The van der Waals surface area contributed by atoms with E-state index in [0.29, 0.717) is 5.92 Å². The van der Waals surface area contributed by atoms with Crippen molar-refractivity contribution in [2.45, 2.75) is 25.3 Å². The fourth-order valence-corrected chi connectivity index (χ4v) is 4.33. The van der Waals surface area contributed by atoms with Gasteiger partial charge in [-0.25, -0.2) is 0 Å². The maximum atomic E-state index is 5.61. The van der Waals surface area contributed by atoms with Gasteiger partial charge in [0.15, 0.2) is 0 Å². The molecule has 2 nitrogen and oxygen atoms in total. The standard InChI is InChI=1S/C20H23NO/c1-22-19-9-5-8-16-12-17-14-21(11-10-18(17)20(16)19)13-15-6-3-2-4-7-15/h2-9,17-18H,10-14H2,1H3/t17-,18-/m1/s1. The van der Waals surface area contributed by atoms with E-state index in [0.717, 1.165) is 18.2 Å². The predicted molar refractivity (Wildman–Crippen MR) is 89.3 cm³/mol. The summed E-state index contributed by atoms with van der Waals surface area (Å²) in [4.78, 5) is 2.62. The molecular formula is C20H23NO. The molecule has 1 aliphatic carbocycles. The molecular weight excluding hydrogens is 270 g/mol. The molecule has 1 saturated heterocycles. The largest absolute Gasteiger partial charge is 0.496 e. The van der Waals surface area contributed by atoms with Crippen molar-refractivity contribution in [3.8, 4) is 5.75 Å². The number of benzene rings is 2. The lowest BCUT2D eigenvalue weighted by Crippen LogP contribution is -2.37. The van der Waals surface area contributed by atoms with Gasteiger partial charge in [-0.1, -0.05) is 42.5 Å². The van der Waals surface area contributed by atoms with Crippen molar-refractivity contribution in [3.05, 3.63) is 65.2 Å². The van der Waals surface area contributed by atoms with Crippen LogP contribution in [-0.4, -0.2) is 25.1 Å². The summed E-state index contributed by atoms with van der Waals surface area (Å²) >= 11 is 0. The van der Waals surface area contributed by atoms with E-state index in [1.165, 1.54) is 42.6 Å². The summed E-state index contributed by atoms with van der Waals surface area (Å²) < 4.78 is 5.61. The summed E-state index contributed by atoms with van der Waals surface area (Å²) in [6, 6.07) is 17.4. The molecule has 0 amide bonds. The van der Waals surface area contributed by atoms with Crippen molar-refractivity contribution in [3.63, 3.8) is 0 Å². The molecule has 0 radical (unpaired) electrons. The Morgan fingerprint density at radius 1 is 1.09 bits per heavy atom. The number of piperidine rings is 1. The van der Waals surface area contributed by atoms with Crippen molar-refractivity contribution in [1.29, 1.82) is 0 Å². The maximum Gasteiger partial charge on any atom is 0.122 e. The Kier molecular flexibility index (Phi) is 3.63. The molecule has 4 rings (SSSR count). The first-order valence-electron chi connectivity index (χ1n) is 8.27. The van der Waals surface area contributed by atoms with Gasteiger partial charge in [0.05, 0.1) is 7.11 Å². The Hall–Kier alpha value is -1.80. The Morgan fingerprint density at radius 2 is 1.95 bits per heavy atom. The van der Waals surface area contributed by atoms with Gasteiger partial charge in [0.2, 0.25) is 0 Å². The lowest BCUT2D eigenvalue weighted by molar-refractivity contribution is 0.154. The van der Waals surface area contributed by atoms with Crippen LogP contribution in [-0.2, 0) is 13.0 Å². The number of methoxy groups -OCH3 is 1. The van der Waals surface area contributed by atoms with Gasteiger partial charge in [-0.3, -0.25) is 4.90 Å². The molecule has 2 atom stereocenters. The average molecular weight is 293 g/mol. The molecule has 0 aromatic heterocycles. The third-order valence-corrected chi connectivity index (χ3v) is 5.30. The highest BCUT2D eigenvalue weighted by molar-refractivity contribution is 5.47. The summed E-state index contributed by atoms with van der Waals surface area (Å²) in [6.07, 6.45) is 2.47. The summed E-state index contributed by atoms with van der Waals surface area (Å²) in [5.41, 5.74) is 4.43. The first kappa shape index (κ1) is 13.8. The van der Waals surface area contributed by atoms with Crippen LogP contribution in [0.4, 0.5) is 0 Å². The minimum absolute atomic E-state index is 0.693. The Bertz CT molecular complexity index is 652. The predicted octanol–water partition coefficient (Wildman–Crippen LogP) is 3.86. The van der Waals surface area contributed by atoms with Gasteiger partial charge in [-0.15, -0.1) is 0 Å². The summed E-state index contributed by atoms with van der Waals surface area (Å²) in [7, 11) is 1.80. The van der Waals surface area contributed by atoms with E-state index in [9.17, 15) is 0 Å². The van der Waals surface area contributed by atoms with Crippen molar-refractivity contribution in [2.24, 2.45) is 5.92 Å². The smallest absolute Gasteiger partial charge is 0.122 e. The number of ether oxygens (including phenoxy) is 1. The third-order valence-electron chi connectivity index (χ3n) is 5.30. The van der Waals surface area contributed by atoms with Gasteiger partial charge in [0.25, 0.3) is 0 Å². The van der Waals surface area contributed by atoms with Crippen LogP contribution >= 0.6 is 0 Å². The quantitative estimate of drug-likeness (QED) is 0.852. The fourth-order valence-electron chi connectivity index (χ4n) is 4.33. The second kappa shape index (κ2) is 5.77. The molecule has 1 heterocycles. The number of rotatable bonds is 3. The van der Waals surface area contributed by atoms with E-state index >= 15 is 0 Å². The minimum Gasteiger partial charge on any atom is -0.496 e. The zero-order valence-electron chi connectivity index (χ0n) is 13.2. The number of likely N-dealkylation sites (tertiary alicyclic amines) is 1. The first-order chi connectivity index (χ1) is 10.8. The molecule has 0 unspecified atom stereocenters. The average Bonchev–Trinajstić information content (AvgIpc) is 2.93. The molecule has 2 aromatic rings. The van der Waals surface area contributed by atoms with E-state index in [1.807, 2.05) is 0 Å². The molecule has 2 aliphatic rings. The Morgan fingerprint density at radius 3 is 2.77 bits per heavy atom. The van der Waals surface area contributed by atoms with Crippen molar-refractivity contribution < 1.29 is 4.74 Å². The van der Waals surface area contributed by atoms with Crippen LogP contribution in [0, 0.1) is 5.92 Å². The molecule has 2 aromatic carbocycles. The van der Waals surface area contributed by atoms with Gasteiger partial charge >= 0.3 is 0 Å². The monoisotopic (exact) mass is 293 g/mol. The topological polar surface area (TPSA) is 12.5 Å². The normalized spacial score (nSPS) is 23.9. The lowest BCUT2D eigenvalue weighted by atomic mass is 9.85. The van der Waals surface area contributed by atoms with Gasteiger partial charge in [-0.05, 0) is 48.4 Å². The number of fused-ring (bicyclic) bond motifs is 3. The molecule has 0 saturated carbocycles. The SMILES string of the molecule is COc1cccc2c1[C@@H]1CCN(Cc3ccccc3)C[C@H]1C2. The summed E-state index contributed by atoms with van der Waals surface area (Å²) in [6.45, 7) is 3.47. The third kappa shape index (κ3) is 2.42.